The summed E-state index contributed by atoms with van der Waals surface area (Å²) in [6.07, 6.45) is 13.8. The van der Waals surface area contributed by atoms with Crippen molar-refractivity contribution in [1.82, 2.24) is 39.4 Å². The van der Waals surface area contributed by atoms with Crippen molar-refractivity contribution in [1.29, 1.82) is 5.26 Å². The lowest BCUT2D eigenvalue weighted by Crippen LogP contribution is -2.51. The highest BCUT2D eigenvalue weighted by molar-refractivity contribution is 5.67. The lowest BCUT2D eigenvalue weighted by atomic mass is 9.89. The van der Waals surface area contributed by atoms with Gasteiger partial charge in [-0.25, -0.2) is 19.6 Å². The average Bonchev–Trinajstić information content (AvgIpc) is 3.79. The Labute approximate surface area is 298 Å². The first-order chi connectivity index (χ1) is 24.9. The number of nitrogens with one attached hydrogen (secondary N) is 1. The maximum atomic E-state index is 9.69. The number of anilines is 2. The number of aliphatic hydroxyl groups excluding tert-OH is 1. The largest absolute Gasteiger partial charge is 0.487 e. The summed E-state index contributed by atoms with van der Waals surface area (Å²) in [5, 5.41) is 31.0. The van der Waals surface area contributed by atoms with Crippen LogP contribution in [0, 0.1) is 11.3 Å². The number of nitrogens with zero attached hydrogens (tertiary/aromatic N) is 9. The van der Waals surface area contributed by atoms with Gasteiger partial charge in [-0.05, 0) is 64.2 Å². The number of hydrogen-bond acceptors (Lipinski definition) is 13. The molecule has 0 spiro atoms. The second kappa shape index (κ2) is 17.5. The van der Waals surface area contributed by atoms with Crippen molar-refractivity contribution < 1.29 is 24.1 Å². The molecule has 1 saturated heterocycles. The van der Waals surface area contributed by atoms with Crippen LogP contribution in [0.25, 0.3) is 11.1 Å². The van der Waals surface area contributed by atoms with E-state index in [1.54, 1.807) is 29.5 Å². The predicted molar refractivity (Wildman–Crippen MR) is 189 cm³/mol. The third-order valence-electron chi connectivity index (χ3n) is 9.18. The van der Waals surface area contributed by atoms with E-state index in [2.05, 4.69) is 50.2 Å². The molecular weight excluding hydrogens is 652 g/mol. The number of aromatic nitrogens is 7. The zero-order chi connectivity index (χ0) is 35.6. The molecule has 1 saturated carbocycles. The topological polar surface area (TPSA) is 171 Å². The van der Waals surface area contributed by atoms with Crippen LogP contribution in [0.3, 0.4) is 0 Å². The van der Waals surface area contributed by atoms with Crippen LogP contribution < -0.4 is 14.8 Å². The summed E-state index contributed by atoms with van der Waals surface area (Å²) < 4.78 is 27.3. The second-order valence-corrected chi connectivity index (χ2v) is 13.3. The summed E-state index contributed by atoms with van der Waals surface area (Å²) in [5.74, 6) is 1.36. The molecule has 0 unspecified atom stereocenters. The van der Waals surface area contributed by atoms with Crippen LogP contribution in [0.4, 0.5) is 11.6 Å². The highest BCUT2D eigenvalue weighted by atomic mass is 16.5. The zero-order valence-corrected chi connectivity index (χ0v) is 29.6. The van der Waals surface area contributed by atoms with E-state index in [0.717, 1.165) is 49.9 Å². The van der Waals surface area contributed by atoms with Crippen molar-refractivity contribution in [2.75, 3.05) is 44.8 Å². The minimum absolute atomic E-state index is 0.00579. The second-order valence-electron chi connectivity index (χ2n) is 13.3. The minimum atomic E-state index is -0.241. The Bertz CT molecular complexity index is 1690. The molecular formula is C36H48N10O5. The Kier molecular flexibility index (Phi) is 12.4. The van der Waals surface area contributed by atoms with Crippen molar-refractivity contribution in [3.05, 3.63) is 55.0 Å². The molecule has 1 aromatic carbocycles. The molecule has 3 aromatic heterocycles. The van der Waals surface area contributed by atoms with Gasteiger partial charge in [-0.3, -0.25) is 9.58 Å². The Morgan fingerprint density at radius 1 is 1.04 bits per heavy atom. The Balaban J connectivity index is 1.12. The van der Waals surface area contributed by atoms with E-state index in [0.29, 0.717) is 67.7 Å². The van der Waals surface area contributed by atoms with E-state index in [1.165, 1.54) is 6.33 Å². The number of benzene rings is 1. The molecule has 4 aromatic rings. The summed E-state index contributed by atoms with van der Waals surface area (Å²) in [7, 11) is 0. The van der Waals surface area contributed by atoms with E-state index in [1.807, 2.05) is 29.9 Å². The number of aliphatic hydroxyl groups is 1. The molecule has 1 aliphatic carbocycles. The quantitative estimate of drug-likeness (QED) is 0.158. The normalized spacial score (nSPS) is 21.5. The third-order valence-corrected chi connectivity index (χ3v) is 9.18. The van der Waals surface area contributed by atoms with Crippen LogP contribution >= 0.6 is 0 Å². The van der Waals surface area contributed by atoms with Gasteiger partial charge in [0.2, 0.25) is 5.95 Å². The fraction of sp³-hybridized carbons (Fsp3) is 0.556. The molecule has 51 heavy (non-hydrogen) atoms. The molecule has 0 amide bonds. The third kappa shape index (κ3) is 9.79. The zero-order valence-electron chi connectivity index (χ0n) is 29.6. The number of rotatable bonds is 16. The molecule has 0 bridgehead atoms. The Morgan fingerprint density at radius 2 is 1.80 bits per heavy atom. The smallest absolute Gasteiger partial charge is 0.256 e. The molecule has 15 heteroatoms. The molecule has 3 atom stereocenters. The molecule has 6 rings (SSSR count). The van der Waals surface area contributed by atoms with E-state index < -0.39 is 0 Å². The fourth-order valence-corrected chi connectivity index (χ4v) is 6.85. The molecule has 15 nitrogen and oxygen atoms in total. The molecule has 2 aliphatic rings. The number of ether oxygens (including phenoxy) is 4. The van der Waals surface area contributed by atoms with Gasteiger partial charge in [0.15, 0.2) is 0 Å². The highest BCUT2D eigenvalue weighted by Gasteiger charge is 2.32. The van der Waals surface area contributed by atoms with Crippen LogP contribution in [0.15, 0.2) is 49.4 Å². The van der Waals surface area contributed by atoms with Crippen LogP contribution in [0.1, 0.15) is 64.5 Å². The average molecular weight is 701 g/mol. The van der Waals surface area contributed by atoms with Gasteiger partial charge in [0, 0.05) is 50.1 Å². The van der Waals surface area contributed by atoms with Crippen LogP contribution in [0.5, 0.6) is 11.6 Å². The first-order valence-electron chi connectivity index (χ1n) is 17.8. The van der Waals surface area contributed by atoms with Gasteiger partial charge in [0.1, 0.15) is 36.3 Å². The van der Waals surface area contributed by atoms with Crippen LogP contribution in [-0.2, 0) is 16.0 Å². The van der Waals surface area contributed by atoms with Crippen molar-refractivity contribution in [2.24, 2.45) is 0 Å². The highest BCUT2D eigenvalue weighted by Crippen LogP contribution is 2.35. The summed E-state index contributed by atoms with van der Waals surface area (Å²) in [5.41, 5.74) is 2.72. The molecule has 2 N–H and O–H groups in total. The molecule has 2 fully saturated rings. The summed E-state index contributed by atoms with van der Waals surface area (Å²) in [4.78, 5) is 15.8. The number of hydrogen-bond donors (Lipinski definition) is 2. The summed E-state index contributed by atoms with van der Waals surface area (Å²) >= 11 is 0. The monoisotopic (exact) mass is 700 g/mol. The lowest BCUT2D eigenvalue weighted by Gasteiger charge is -2.42. The van der Waals surface area contributed by atoms with Gasteiger partial charge in [0.05, 0.1) is 56.4 Å². The first-order valence-corrected chi connectivity index (χ1v) is 17.8. The van der Waals surface area contributed by atoms with Crippen molar-refractivity contribution in [3.8, 4) is 28.8 Å². The lowest BCUT2D eigenvalue weighted by molar-refractivity contribution is -0.0852. The van der Waals surface area contributed by atoms with Gasteiger partial charge in [-0.1, -0.05) is 6.07 Å². The van der Waals surface area contributed by atoms with E-state index in [9.17, 15) is 5.26 Å². The molecule has 272 valence electrons. The van der Waals surface area contributed by atoms with E-state index >= 15 is 0 Å². The first kappa shape index (κ1) is 36.2. The molecule has 1 aliphatic heterocycles. The number of morpholine rings is 1. The van der Waals surface area contributed by atoms with Crippen LogP contribution in [0.2, 0.25) is 0 Å². The maximum absolute atomic E-state index is 9.69. The minimum Gasteiger partial charge on any atom is -0.487 e. The Morgan fingerprint density at radius 3 is 2.51 bits per heavy atom. The summed E-state index contributed by atoms with van der Waals surface area (Å²) in [6, 6.07) is 8.46. The number of nitriles is 1. The van der Waals surface area contributed by atoms with Gasteiger partial charge < -0.3 is 29.4 Å². The van der Waals surface area contributed by atoms with Gasteiger partial charge in [-0.15, -0.1) is 5.10 Å². The van der Waals surface area contributed by atoms with Gasteiger partial charge >= 0.3 is 0 Å². The standard InChI is InChI=1S/C36H48N10O5/c1-25-19-44(20-26(2)50-25)31-7-9-32(10-8-31)46-22-33(35(43-46)49-13-4-12-48-14-11-47)42-36-39-17-30(18-40-36)28-5-6-29(16-37)34(15-28)51-27(3)21-45-24-38-23-41-45/h5-6,15,17-18,22-27,31-32,47H,4,7-14,19-21H2,1-3H3,(H,39,40,42)/t25-,26+,27-,31?,32?/m0/s1. The summed E-state index contributed by atoms with van der Waals surface area (Å²) in [6.45, 7) is 9.90. The fourth-order valence-electron chi connectivity index (χ4n) is 6.85. The van der Waals surface area contributed by atoms with Crippen molar-refractivity contribution >= 4 is 11.6 Å². The van der Waals surface area contributed by atoms with Crippen molar-refractivity contribution in [2.45, 2.75) is 89.8 Å². The van der Waals surface area contributed by atoms with E-state index in [4.69, 9.17) is 29.2 Å². The maximum Gasteiger partial charge on any atom is 0.256 e. The van der Waals surface area contributed by atoms with Gasteiger partial charge in [-0.2, -0.15) is 10.4 Å². The predicted octanol–water partition coefficient (Wildman–Crippen LogP) is 4.39. The van der Waals surface area contributed by atoms with Gasteiger partial charge in [0.25, 0.3) is 5.88 Å². The van der Waals surface area contributed by atoms with Crippen LogP contribution in [-0.4, -0.2) is 108 Å². The van der Waals surface area contributed by atoms with Crippen molar-refractivity contribution in [3.63, 3.8) is 0 Å². The SMILES string of the molecule is C[C@@H]1CN(C2CCC(n3cc(Nc4ncc(-c5ccc(C#N)c(O[C@@H](C)Cn6cncn6)c5)cn4)c(OCCCOCCO)n3)CC2)C[C@H](C)O1. The Hall–Kier alpha value is -4.62. The molecule has 0 radical (unpaired) electrons. The molecule has 4 heterocycles. The van der Waals surface area contributed by atoms with E-state index in [-0.39, 0.29) is 31.0 Å².